The maximum Gasteiger partial charge on any atom is 0.494 e. The van der Waals surface area contributed by atoms with Gasteiger partial charge in [0.05, 0.1) is 16.8 Å². The maximum atomic E-state index is 13.4. The number of carbonyl (C=O) groups is 1. The fourth-order valence-electron chi connectivity index (χ4n) is 1.86. The molecule has 1 amide bonds. The molecule has 1 fully saturated rings. The first-order valence-corrected chi connectivity index (χ1v) is 6.09. The van der Waals surface area contributed by atoms with Crippen molar-refractivity contribution in [1.29, 1.82) is 0 Å². The number of amides is 1. The van der Waals surface area contributed by atoms with Crippen molar-refractivity contribution < 1.29 is 18.5 Å². The first-order valence-electron chi connectivity index (χ1n) is 6.09. The third-order valence-corrected chi connectivity index (χ3v) is 3.78. The standard InChI is InChI=1S/C13H17BFNO3/c1-12(2)13(3,4)19-14(18-12)8-5-6-10(15)9(7-8)11(16)17/h5-7H,1-4H3,(H2,16,17). The molecule has 19 heavy (non-hydrogen) atoms. The molecule has 2 N–H and O–H groups in total. The lowest BCUT2D eigenvalue weighted by Gasteiger charge is -2.32. The molecule has 0 saturated carbocycles. The number of primary amides is 1. The molecule has 0 spiro atoms. The Bertz CT molecular complexity index is 515. The van der Waals surface area contributed by atoms with Crippen LogP contribution in [-0.4, -0.2) is 24.2 Å². The van der Waals surface area contributed by atoms with Crippen LogP contribution >= 0.6 is 0 Å². The van der Waals surface area contributed by atoms with Crippen LogP contribution in [-0.2, 0) is 9.31 Å². The number of halogens is 1. The van der Waals surface area contributed by atoms with Crippen LogP contribution in [0.1, 0.15) is 38.1 Å². The van der Waals surface area contributed by atoms with E-state index in [4.69, 9.17) is 15.0 Å². The zero-order chi connectivity index (χ0) is 14.4. The molecule has 0 unspecified atom stereocenters. The second-order valence-corrected chi connectivity index (χ2v) is 5.69. The van der Waals surface area contributed by atoms with Crippen LogP contribution in [0.4, 0.5) is 4.39 Å². The highest BCUT2D eigenvalue weighted by Crippen LogP contribution is 2.36. The Labute approximate surface area is 112 Å². The van der Waals surface area contributed by atoms with Gasteiger partial charge in [-0.15, -0.1) is 0 Å². The molecule has 2 rings (SSSR count). The van der Waals surface area contributed by atoms with Crippen LogP contribution < -0.4 is 11.2 Å². The minimum Gasteiger partial charge on any atom is -0.399 e. The average molecular weight is 265 g/mol. The van der Waals surface area contributed by atoms with Gasteiger partial charge in [0.15, 0.2) is 0 Å². The number of nitrogens with two attached hydrogens (primary N) is 1. The van der Waals surface area contributed by atoms with E-state index < -0.39 is 30.0 Å². The fraction of sp³-hybridized carbons (Fsp3) is 0.462. The van der Waals surface area contributed by atoms with E-state index in [1.165, 1.54) is 18.2 Å². The van der Waals surface area contributed by atoms with Gasteiger partial charge in [-0.3, -0.25) is 4.79 Å². The van der Waals surface area contributed by atoms with Crippen molar-refractivity contribution in [3.05, 3.63) is 29.6 Å². The summed E-state index contributed by atoms with van der Waals surface area (Å²) in [5.74, 6) is -1.45. The van der Waals surface area contributed by atoms with Gasteiger partial charge in [0.1, 0.15) is 5.82 Å². The molecule has 1 aromatic carbocycles. The summed E-state index contributed by atoms with van der Waals surface area (Å²) in [6, 6.07) is 4.10. The van der Waals surface area contributed by atoms with E-state index >= 15 is 0 Å². The van der Waals surface area contributed by atoms with E-state index in [0.29, 0.717) is 5.46 Å². The summed E-state index contributed by atoms with van der Waals surface area (Å²) in [7, 11) is -0.635. The second kappa shape index (κ2) is 4.32. The van der Waals surface area contributed by atoms with Crippen LogP contribution in [0.25, 0.3) is 0 Å². The van der Waals surface area contributed by atoms with Gasteiger partial charge in [0.25, 0.3) is 5.91 Å². The second-order valence-electron chi connectivity index (χ2n) is 5.69. The predicted octanol–water partition coefficient (Wildman–Crippen LogP) is 1.22. The lowest BCUT2D eigenvalue weighted by atomic mass is 9.78. The SMILES string of the molecule is CC1(C)OB(c2ccc(F)c(C(N)=O)c2)OC1(C)C. The first kappa shape index (κ1) is 14.0. The minimum atomic E-state index is -0.809. The van der Waals surface area contributed by atoms with Crippen molar-refractivity contribution >= 4 is 18.5 Å². The monoisotopic (exact) mass is 265 g/mol. The Balaban J connectivity index is 2.35. The van der Waals surface area contributed by atoms with E-state index in [9.17, 15) is 9.18 Å². The third-order valence-electron chi connectivity index (χ3n) is 3.78. The summed E-state index contributed by atoms with van der Waals surface area (Å²) in [4.78, 5) is 11.1. The number of rotatable bonds is 2. The summed E-state index contributed by atoms with van der Waals surface area (Å²) in [6.45, 7) is 7.69. The van der Waals surface area contributed by atoms with Crippen LogP contribution in [0, 0.1) is 5.82 Å². The largest absolute Gasteiger partial charge is 0.494 e. The first-order chi connectivity index (χ1) is 8.64. The van der Waals surface area contributed by atoms with Gasteiger partial charge in [0, 0.05) is 0 Å². The summed E-state index contributed by atoms with van der Waals surface area (Å²) >= 11 is 0. The molecule has 1 saturated heterocycles. The van der Waals surface area contributed by atoms with Crippen LogP contribution in [0.5, 0.6) is 0 Å². The zero-order valence-corrected chi connectivity index (χ0v) is 11.5. The molecule has 0 aromatic heterocycles. The third kappa shape index (κ3) is 2.38. The molecule has 1 aliphatic heterocycles. The van der Waals surface area contributed by atoms with Gasteiger partial charge in [0.2, 0.25) is 0 Å². The van der Waals surface area contributed by atoms with Gasteiger partial charge in [-0.25, -0.2) is 4.39 Å². The highest BCUT2D eigenvalue weighted by atomic mass is 19.1. The van der Waals surface area contributed by atoms with Crippen LogP contribution in [0.3, 0.4) is 0 Å². The summed E-state index contributed by atoms with van der Waals surface area (Å²) in [5.41, 5.74) is 4.57. The molecule has 0 atom stereocenters. The normalized spacial score (nSPS) is 20.6. The molecule has 1 aliphatic rings. The van der Waals surface area contributed by atoms with Crippen molar-refractivity contribution in [3.63, 3.8) is 0 Å². The van der Waals surface area contributed by atoms with E-state index in [-0.39, 0.29) is 5.56 Å². The molecule has 1 heterocycles. The molecule has 0 aliphatic carbocycles. The molecule has 1 aromatic rings. The van der Waals surface area contributed by atoms with Gasteiger partial charge >= 0.3 is 7.12 Å². The van der Waals surface area contributed by atoms with Gasteiger partial charge < -0.3 is 15.0 Å². The number of benzene rings is 1. The Morgan fingerprint density at radius 3 is 2.21 bits per heavy atom. The Hall–Kier alpha value is -1.40. The molecule has 6 heteroatoms. The minimum absolute atomic E-state index is 0.160. The fourth-order valence-corrected chi connectivity index (χ4v) is 1.86. The summed E-state index contributed by atoms with van der Waals surface area (Å²) < 4.78 is 25.1. The molecule has 0 radical (unpaired) electrons. The molecular formula is C13H17BFNO3. The van der Waals surface area contributed by atoms with Crippen molar-refractivity contribution in [2.24, 2.45) is 5.73 Å². The van der Waals surface area contributed by atoms with Gasteiger partial charge in [-0.05, 0) is 45.3 Å². The van der Waals surface area contributed by atoms with E-state index in [2.05, 4.69) is 0 Å². The van der Waals surface area contributed by atoms with Gasteiger partial charge in [-0.2, -0.15) is 0 Å². The Morgan fingerprint density at radius 2 is 1.74 bits per heavy atom. The quantitative estimate of drug-likeness (QED) is 0.818. The van der Waals surface area contributed by atoms with Crippen molar-refractivity contribution in [3.8, 4) is 0 Å². The Kier molecular flexibility index (Phi) is 3.19. The maximum absolute atomic E-state index is 13.4. The molecular weight excluding hydrogens is 248 g/mol. The van der Waals surface area contributed by atoms with Crippen molar-refractivity contribution in [1.82, 2.24) is 0 Å². The van der Waals surface area contributed by atoms with E-state index in [1.54, 1.807) is 0 Å². The highest BCUT2D eigenvalue weighted by Gasteiger charge is 2.51. The van der Waals surface area contributed by atoms with Crippen molar-refractivity contribution in [2.75, 3.05) is 0 Å². The smallest absolute Gasteiger partial charge is 0.399 e. The predicted molar refractivity (Wildman–Crippen MR) is 70.6 cm³/mol. The number of hydrogen-bond acceptors (Lipinski definition) is 3. The van der Waals surface area contributed by atoms with Crippen molar-refractivity contribution in [2.45, 2.75) is 38.9 Å². The highest BCUT2D eigenvalue weighted by molar-refractivity contribution is 6.62. The summed E-state index contributed by atoms with van der Waals surface area (Å²) in [5, 5.41) is 0. The molecule has 4 nitrogen and oxygen atoms in total. The summed E-state index contributed by atoms with van der Waals surface area (Å²) in [6.07, 6.45) is 0. The van der Waals surface area contributed by atoms with Crippen LogP contribution in [0.15, 0.2) is 18.2 Å². The lowest BCUT2D eigenvalue weighted by Crippen LogP contribution is -2.41. The molecule has 0 bridgehead atoms. The zero-order valence-electron chi connectivity index (χ0n) is 11.5. The number of carbonyl (C=O) groups excluding carboxylic acids is 1. The molecule has 102 valence electrons. The van der Waals surface area contributed by atoms with E-state index in [1.807, 2.05) is 27.7 Å². The van der Waals surface area contributed by atoms with E-state index in [0.717, 1.165) is 0 Å². The van der Waals surface area contributed by atoms with Gasteiger partial charge in [-0.1, -0.05) is 6.07 Å². The Morgan fingerprint density at radius 1 is 1.21 bits per heavy atom. The topological polar surface area (TPSA) is 61.5 Å². The average Bonchev–Trinajstić information content (AvgIpc) is 2.48. The lowest BCUT2D eigenvalue weighted by molar-refractivity contribution is 0.00578. The number of hydrogen-bond donors (Lipinski definition) is 1. The van der Waals surface area contributed by atoms with Crippen LogP contribution in [0.2, 0.25) is 0 Å².